The highest BCUT2D eigenvalue weighted by atomic mass is 16.5. The number of nitrogens with one attached hydrogen (secondary N) is 1. The molecule has 0 fully saturated rings. The molecule has 5 rings (SSSR count). The summed E-state index contributed by atoms with van der Waals surface area (Å²) >= 11 is 0. The molecule has 2 N–H and O–H groups in total. The Balaban J connectivity index is 1.70. The van der Waals surface area contributed by atoms with Crippen molar-refractivity contribution in [2.45, 2.75) is 18.4 Å². The van der Waals surface area contributed by atoms with E-state index >= 15 is 0 Å². The van der Waals surface area contributed by atoms with Gasteiger partial charge in [0.05, 0.1) is 25.8 Å². The maximum Gasteiger partial charge on any atom is 0.335 e. The van der Waals surface area contributed by atoms with E-state index < -0.39 is 5.97 Å². The summed E-state index contributed by atoms with van der Waals surface area (Å²) in [5.74, 6) is 0.892. The van der Waals surface area contributed by atoms with Crippen molar-refractivity contribution in [2.75, 3.05) is 19.5 Å². The van der Waals surface area contributed by atoms with Crippen molar-refractivity contribution < 1.29 is 19.4 Å². The minimum absolute atomic E-state index is 0.00984. The van der Waals surface area contributed by atoms with Crippen LogP contribution in [-0.4, -0.2) is 25.3 Å². The normalized spacial score (nSPS) is 21.1. The molecule has 1 aliphatic heterocycles. The molecule has 3 aromatic rings. The lowest BCUT2D eigenvalue weighted by molar-refractivity contribution is 0.0696. The molecule has 0 saturated carbocycles. The summed E-state index contributed by atoms with van der Waals surface area (Å²) in [5, 5.41) is 13.2. The summed E-state index contributed by atoms with van der Waals surface area (Å²) in [6.07, 6.45) is 0.912. The average Bonchev–Trinajstić information content (AvgIpc) is 3.17. The zero-order chi connectivity index (χ0) is 20.8. The van der Waals surface area contributed by atoms with E-state index in [0.29, 0.717) is 11.3 Å². The first kappa shape index (κ1) is 18.6. The SMILES string of the molecule is COc1cccc([C@@H]2Nc3ccc(C(=O)O)cc3[C@@H]3c4ccccc4C[C@@H]32)c1OC. The molecule has 2 aliphatic rings. The fourth-order valence-corrected chi connectivity index (χ4v) is 5.16. The Labute approximate surface area is 175 Å². The van der Waals surface area contributed by atoms with Gasteiger partial charge < -0.3 is 19.9 Å². The molecular formula is C25H23NO4. The molecule has 0 spiro atoms. The number of ether oxygens (including phenoxy) is 2. The molecule has 0 amide bonds. The smallest absolute Gasteiger partial charge is 0.335 e. The topological polar surface area (TPSA) is 67.8 Å². The van der Waals surface area contributed by atoms with E-state index in [2.05, 4.69) is 35.6 Å². The van der Waals surface area contributed by atoms with Crippen LogP contribution in [0.1, 0.15) is 44.6 Å². The van der Waals surface area contributed by atoms with Gasteiger partial charge in [-0.25, -0.2) is 4.79 Å². The maximum atomic E-state index is 11.6. The molecule has 0 bridgehead atoms. The minimum Gasteiger partial charge on any atom is -0.493 e. The van der Waals surface area contributed by atoms with Crippen LogP contribution in [0, 0.1) is 5.92 Å². The van der Waals surface area contributed by atoms with Crippen LogP contribution in [0.3, 0.4) is 0 Å². The van der Waals surface area contributed by atoms with Gasteiger partial charge in [0.15, 0.2) is 11.5 Å². The Kier molecular flexibility index (Phi) is 4.39. The second-order valence-electron chi connectivity index (χ2n) is 7.86. The van der Waals surface area contributed by atoms with Crippen molar-refractivity contribution in [3.8, 4) is 11.5 Å². The van der Waals surface area contributed by atoms with Gasteiger partial charge in [-0.2, -0.15) is 0 Å². The van der Waals surface area contributed by atoms with Crippen molar-refractivity contribution in [1.29, 1.82) is 0 Å². The molecule has 152 valence electrons. The third-order valence-electron chi connectivity index (χ3n) is 6.42. The monoisotopic (exact) mass is 401 g/mol. The number of fused-ring (bicyclic) bond motifs is 5. The van der Waals surface area contributed by atoms with E-state index in [1.165, 1.54) is 11.1 Å². The molecule has 0 unspecified atom stereocenters. The Hall–Kier alpha value is -3.47. The quantitative estimate of drug-likeness (QED) is 0.653. The zero-order valence-corrected chi connectivity index (χ0v) is 16.9. The number of hydrogen-bond donors (Lipinski definition) is 2. The first-order valence-electron chi connectivity index (χ1n) is 10.0. The Bertz CT molecular complexity index is 1140. The average molecular weight is 401 g/mol. The Morgan fingerprint density at radius 1 is 0.967 bits per heavy atom. The van der Waals surface area contributed by atoms with Crippen LogP contribution in [0.25, 0.3) is 0 Å². The molecular weight excluding hydrogens is 378 g/mol. The number of carbonyl (C=O) groups is 1. The molecule has 1 heterocycles. The first-order chi connectivity index (χ1) is 14.6. The number of carboxylic acid groups (broad SMARTS) is 1. The van der Waals surface area contributed by atoms with Crippen molar-refractivity contribution in [2.24, 2.45) is 5.92 Å². The molecule has 0 saturated heterocycles. The van der Waals surface area contributed by atoms with E-state index in [0.717, 1.165) is 29.0 Å². The molecule has 0 aromatic heterocycles. The van der Waals surface area contributed by atoms with Gasteiger partial charge in [-0.3, -0.25) is 0 Å². The van der Waals surface area contributed by atoms with Gasteiger partial charge in [0, 0.05) is 17.2 Å². The van der Waals surface area contributed by atoms with E-state index in [1.54, 1.807) is 20.3 Å². The zero-order valence-electron chi connectivity index (χ0n) is 16.9. The van der Waals surface area contributed by atoms with Crippen molar-refractivity contribution in [3.05, 3.63) is 88.5 Å². The summed E-state index contributed by atoms with van der Waals surface area (Å²) in [5.41, 5.74) is 5.97. The minimum atomic E-state index is -0.905. The summed E-state index contributed by atoms with van der Waals surface area (Å²) in [4.78, 5) is 11.6. The predicted octanol–water partition coefficient (Wildman–Crippen LogP) is 4.87. The predicted molar refractivity (Wildman–Crippen MR) is 115 cm³/mol. The molecule has 0 radical (unpaired) electrons. The number of anilines is 1. The van der Waals surface area contributed by atoms with E-state index in [-0.39, 0.29) is 17.9 Å². The second-order valence-corrected chi connectivity index (χ2v) is 7.86. The van der Waals surface area contributed by atoms with E-state index in [9.17, 15) is 9.90 Å². The van der Waals surface area contributed by atoms with Crippen LogP contribution in [-0.2, 0) is 6.42 Å². The van der Waals surface area contributed by atoms with Crippen LogP contribution >= 0.6 is 0 Å². The third kappa shape index (κ3) is 2.73. The first-order valence-corrected chi connectivity index (χ1v) is 10.0. The number of benzene rings is 3. The number of carboxylic acids is 1. The van der Waals surface area contributed by atoms with Crippen LogP contribution in [0.2, 0.25) is 0 Å². The van der Waals surface area contributed by atoms with Crippen LogP contribution < -0.4 is 14.8 Å². The van der Waals surface area contributed by atoms with Gasteiger partial charge >= 0.3 is 5.97 Å². The maximum absolute atomic E-state index is 11.6. The van der Waals surface area contributed by atoms with Gasteiger partial charge in [0.2, 0.25) is 0 Å². The molecule has 1 aliphatic carbocycles. The Morgan fingerprint density at radius 3 is 2.53 bits per heavy atom. The molecule has 30 heavy (non-hydrogen) atoms. The Morgan fingerprint density at radius 2 is 1.77 bits per heavy atom. The third-order valence-corrected chi connectivity index (χ3v) is 6.42. The van der Waals surface area contributed by atoms with Crippen LogP contribution in [0.15, 0.2) is 60.7 Å². The van der Waals surface area contributed by atoms with Crippen molar-refractivity contribution in [1.82, 2.24) is 0 Å². The number of para-hydroxylation sites is 1. The fourth-order valence-electron chi connectivity index (χ4n) is 5.16. The number of hydrogen-bond acceptors (Lipinski definition) is 4. The van der Waals surface area contributed by atoms with Gasteiger partial charge in [-0.05, 0) is 53.3 Å². The summed E-state index contributed by atoms with van der Waals surface area (Å²) < 4.78 is 11.3. The number of methoxy groups -OCH3 is 2. The van der Waals surface area contributed by atoms with Gasteiger partial charge in [0.1, 0.15) is 0 Å². The lowest BCUT2D eigenvalue weighted by Crippen LogP contribution is -2.31. The van der Waals surface area contributed by atoms with E-state index in [4.69, 9.17) is 9.47 Å². The second kappa shape index (κ2) is 7.10. The summed E-state index contributed by atoms with van der Waals surface area (Å²) in [6, 6.07) is 19.8. The van der Waals surface area contributed by atoms with Gasteiger partial charge in [-0.15, -0.1) is 0 Å². The fraction of sp³-hybridized carbons (Fsp3) is 0.240. The number of rotatable bonds is 4. The van der Waals surface area contributed by atoms with Crippen molar-refractivity contribution in [3.63, 3.8) is 0 Å². The van der Waals surface area contributed by atoms with Crippen molar-refractivity contribution >= 4 is 11.7 Å². The van der Waals surface area contributed by atoms with Crippen LogP contribution in [0.4, 0.5) is 5.69 Å². The summed E-state index contributed by atoms with van der Waals surface area (Å²) in [7, 11) is 3.31. The number of aromatic carboxylic acids is 1. The molecule has 5 heteroatoms. The molecule has 3 atom stereocenters. The summed E-state index contributed by atoms with van der Waals surface area (Å²) in [6.45, 7) is 0. The van der Waals surface area contributed by atoms with E-state index in [1.807, 2.05) is 24.3 Å². The highest BCUT2D eigenvalue weighted by Gasteiger charge is 2.44. The van der Waals surface area contributed by atoms with Gasteiger partial charge in [-0.1, -0.05) is 36.4 Å². The lowest BCUT2D eigenvalue weighted by atomic mass is 9.75. The van der Waals surface area contributed by atoms with Crippen LogP contribution in [0.5, 0.6) is 11.5 Å². The lowest BCUT2D eigenvalue weighted by Gasteiger charge is -2.38. The highest BCUT2D eigenvalue weighted by Crippen LogP contribution is 2.55. The molecule has 3 aromatic carbocycles. The standard InChI is InChI=1S/C25H23NO4/c1-29-21-9-5-8-17(24(21)30-2)23-19-12-14-6-3-4-7-16(14)22(19)18-13-15(25(27)28)10-11-20(18)26-23/h3-11,13,19,22-23,26H,12H2,1-2H3,(H,27,28)/t19-,22-,23-/m0/s1. The van der Waals surface area contributed by atoms with Gasteiger partial charge in [0.25, 0.3) is 0 Å². The largest absolute Gasteiger partial charge is 0.493 e. The molecule has 5 nitrogen and oxygen atoms in total. The highest BCUT2D eigenvalue weighted by molar-refractivity contribution is 5.89.